The Labute approximate surface area is 154 Å². The first-order chi connectivity index (χ1) is 12.7. The predicted octanol–water partition coefficient (Wildman–Crippen LogP) is 4.09. The quantitative estimate of drug-likeness (QED) is 0.849. The highest BCUT2D eigenvalue weighted by Gasteiger charge is 2.28. The number of para-hydroxylation sites is 1. The summed E-state index contributed by atoms with van der Waals surface area (Å²) in [6.07, 6.45) is 0.295. The van der Waals surface area contributed by atoms with Crippen LogP contribution in [0.5, 0.6) is 0 Å². The standard InChI is InChI=1S/C21H26N2O3/c1-15(16-8-4-3-5-9-16)26-21(24)23-19-11-7-6-10-17(19)18-12-13-22-14-20(18)25-2/h3-11,15,18,20,22H,12-14H2,1-2H3,(H,23,24)/t15-,18?,20?/m1/s1. The zero-order valence-electron chi connectivity index (χ0n) is 15.3. The van der Waals surface area contributed by atoms with Crippen LogP contribution in [0.1, 0.15) is 36.5 Å². The number of piperidine rings is 1. The second-order valence-electron chi connectivity index (χ2n) is 6.54. The van der Waals surface area contributed by atoms with Gasteiger partial charge >= 0.3 is 6.09 Å². The average molecular weight is 354 g/mol. The molecule has 5 heteroatoms. The number of nitrogens with one attached hydrogen (secondary N) is 2. The highest BCUT2D eigenvalue weighted by atomic mass is 16.6. The van der Waals surface area contributed by atoms with Crippen molar-refractivity contribution in [3.05, 3.63) is 65.7 Å². The van der Waals surface area contributed by atoms with Gasteiger partial charge < -0.3 is 14.8 Å². The van der Waals surface area contributed by atoms with E-state index in [1.54, 1.807) is 7.11 Å². The fraction of sp³-hybridized carbons (Fsp3) is 0.381. The summed E-state index contributed by atoms with van der Waals surface area (Å²) in [5.41, 5.74) is 2.84. The molecule has 26 heavy (non-hydrogen) atoms. The van der Waals surface area contributed by atoms with E-state index in [1.165, 1.54) is 0 Å². The minimum Gasteiger partial charge on any atom is -0.441 e. The number of hydrogen-bond acceptors (Lipinski definition) is 4. The molecule has 5 nitrogen and oxygen atoms in total. The number of amides is 1. The molecule has 0 aliphatic carbocycles. The molecule has 3 rings (SSSR count). The molecule has 1 saturated heterocycles. The van der Waals surface area contributed by atoms with Gasteiger partial charge in [-0.05, 0) is 37.1 Å². The van der Waals surface area contributed by atoms with Crippen LogP contribution in [0, 0.1) is 0 Å². The van der Waals surface area contributed by atoms with E-state index in [1.807, 2.05) is 55.5 Å². The zero-order valence-corrected chi connectivity index (χ0v) is 15.3. The van der Waals surface area contributed by atoms with Crippen LogP contribution in [-0.2, 0) is 9.47 Å². The lowest BCUT2D eigenvalue weighted by molar-refractivity contribution is 0.0626. The minimum atomic E-state index is -0.447. The van der Waals surface area contributed by atoms with E-state index in [0.29, 0.717) is 0 Å². The maximum atomic E-state index is 12.4. The molecule has 0 radical (unpaired) electrons. The van der Waals surface area contributed by atoms with Gasteiger partial charge in [-0.3, -0.25) is 5.32 Å². The van der Waals surface area contributed by atoms with Crippen molar-refractivity contribution >= 4 is 11.8 Å². The van der Waals surface area contributed by atoms with Gasteiger partial charge in [-0.25, -0.2) is 4.79 Å². The summed E-state index contributed by atoms with van der Waals surface area (Å²) < 4.78 is 11.2. The fourth-order valence-electron chi connectivity index (χ4n) is 3.46. The van der Waals surface area contributed by atoms with Crippen LogP contribution in [0.3, 0.4) is 0 Å². The van der Waals surface area contributed by atoms with E-state index in [0.717, 1.165) is 36.3 Å². The summed E-state index contributed by atoms with van der Waals surface area (Å²) in [4.78, 5) is 12.4. The summed E-state index contributed by atoms with van der Waals surface area (Å²) in [5.74, 6) is 0.240. The third-order valence-corrected chi connectivity index (χ3v) is 4.88. The molecule has 1 fully saturated rings. The Morgan fingerprint density at radius 2 is 1.88 bits per heavy atom. The van der Waals surface area contributed by atoms with Crippen LogP contribution in [0.4, 0.5) is 10.5 Å². The van der Waals surface area contributed by atoms with Crippen LogP contribution in [0.25, 0.3) is 0 Å². The van der Waals surface area contributed by atoms with Crippen molar-refractivity contribution in [3.8, 4) is 0 Å². The van der Waals surface area contributed by atoms with E-state index in [9.17, 15) is 4.79 Å². The van der Waals surface area contributed by atoms with Gasteiger partial charge in [-0.15, -0.1) is 0 Å². The molecule has 2 aromatic rings. The molecule has 138 valence electrons. The Balaban J connectivity index is 1.71. The number of hydrogen-bond donors (Lipinski definition) is 2. The first kappa shape index (κ1) is 18.4. The molecule has 2 unspecified atom stereocenters. The largest absolute Gasteiger partial charge is 0.441 e. The maximum Gasteiger partial charge on any atom is 0.412 e. The van der Waals surface area contributed by atoms with Crippen molar-refractivity contribution in [3.63, 3.8) is 0 Å². The Kier molecular flexibility index (Phi) is 6.26. The van der Waals surface area contributed by atoms with E-state index >= 15 is 0 Å². The van der Waals surface area contributed by atoms with Gasteiger partial charge in [0.2, 0.25) is 0 Å². The molecule has 2 N–H and O–H groups in total. The van der Waals surface area contributed by atoms with Crippen LogP contribution >= 0.6 is 0 Å². The molecule has 0 saturated carbocycles. The molecular weight excluding hydrogens is 328 g/mol. The third kappa shape index (κ3) is 4.42. The van der Waals surface area contributed by atoms with Crippen LogP contribution in [-0.4, -0.2) is 32.4 Å². The van der Waals surface area contributed by atoms with E-state index in [4.69, 9.17) is 9.47 Å². The van der Waals surface area contributed by atoms with Gasteiger partial charge in [0.15, 0.2) is 0 Å². The highest BCUT2D eigenvalue weighted by Crippen LogP contribution is 2.33. The van der Waals surface area contributed by atoms with Gasteiger partial charge in [-0.2, -0.15) is 0 Å². The number of anilines is 1. The molecule has 1 amide bonds. The number of carbonyl (C=O) groups excluding carboxylic acids is 1. The van der Waals surface area contributed by atoms with Crippen LogP contribution in [0.15, 0.2) is 54.6 Å². The topological polar surface area (TPSA) is 59.6 Å². The lowest BCUT2D eigenvalue weighted by Crippen LogP contribution is -2.40. The predicted molar refractivity (Wildman–Crippen MR) is 102 cm³/mol. The van der Waals surface area contributed by atoms with Gasteiger partial charge in [-0.1, -0.05) is 48.5 Å². The smallest absolute Gasteiger partial charge is 0.412 e. The van der Waals surface area contributed by atoms with Crippen molar-refractivity contribution in [2.45, 2.75) is 31.5 Å². The highest BCUT2D eigenvalue weighted by molar-refractivity contribution is 5.86. The third-order valence-electron chi connectivity index (χ3n) is 4.88. The summed E-state index contributed by atoms with van der Waals surface area (Å²) in [5, 5.41) is 6.27. The average Bonchev–Trinajstić information content (AvgIpc) is 2.69. The van der Waals surface area contributed by atoms with E-state index < -0.39 is 6.09 Å². The Hall–Kier alpha value is -2.37. The van der Waals surface area contributed by atoms with E-state index in [-0.39, 0.29) is 18.1 Å². The Morgan fingerprint density at radius 1 is 1.15 bits per heavy atom. The number of benzene rings is 2. The van der Waals surface area contributed by atoms with Gasteiger partial charge in [0.1, 0.15) is 6.10 Å². The maximum absolute atomic E-state index is 12.4. The van der Waals surface area contributed by atoms with Crippen LogP contribution in [0.2, 0.25) is 0 Å². The monoisotopic (exact) mass is 354 g/mol. The molecule has 1 heterocycles. The normalized spacial score (nSPS) is 21.0. The number of methoxy groups -OCH3 is 1. The molecule has 2 aromatic carbocycles. The lowest BCUT2D eigenvalue weighted by Gasteiger charge is -2.32. The van der Waals surface area contributed by atoms with Crippen molar-refractivity contribution in [2.24, 2.45) is 0 Å². The molecule has 0 spiro atoms. The molecule has 0 bridgehead atoms. The molecule has 1 aliphatic heterocycles. The van der Waals surface area contributed by atoms with E-state index in [2.05, 4.69) is 16.7 Å². The fourth-order valence-corrected chi connectivity index (χ4v) is 3.46. The van der Waals surface area contributed by atoms with Gasteiger partial charge in [0, 0.05) is 25.3 Å². The van der Waals surface area contributed by atoms with Crippen molar-refractivity contribution < 1.29 is 14.3 Å². The lowest BCUT2D eigenvalue weighted by atomic mass is 9.86. The molecule has 3 atom stereocenters. The Morgan fingerprint density at radius 3 is 2.65 bits per heavy atom. The summed E-state index contributed by atoms with van der Waals surface area (Å²) in [7, 11) is 1.73. The second kappa shape index (κ2) is 8.83. The summed E-state index contributed by atoms with van der Waals surface area (Å²) >= 11 is 0. The van der Waals surface area contributed by atoms with Gasteiger partial charge in [0.05, 0.1) is 6.10 Å². The first-order valence-electron chi connectivity index (χ1n) is 9.04. The Bertz CT molecular complexity index is 720. The molecular formula is C21H26N2O3. The number of carbonyl (C=O) groups is 1. The summed E-state index contributed by atoms with van der Waals surface area (Å²) in [6, 6.07) is 17.6. The van der Waals surface area contributed by atoms with Gasteiger partial charge in [0.25, 0.3) is 0 Å². The molecule has 0 aromatic heterocycles. The second-order valence-corrected chi connectivity index (χ2v) is 6.54. The van der Waals surface area contributed by atoms with Crippen molar-refractivity contribution in [1.29, 1.82) is 0 Å². The van der Waals surface area contributed by atoms with Crippen LogP contribution < -0.4 is 10.6 Å². The van der Waals surface area contributed by atoms with Crippen molar-refractivity contribution in [1.82, 2.24) is 5.32 Å². The summed E-state index contributed by atoms with van der Waals surface area (Å²) in [6.45, 7) is 3.62. The molecule has 1 aliphatic rings. The number of rotatable bonds is 5. The van der Waals surface area contributed by atoms with Crippen molar-refractivity contribution in [2.75, 3.05) is 25.5 Å². The number of ether oxygens (including phenoxy) is 2. The first-order valence-corrected chi connectivity index (χ1v) is 9.04. The minimum absolute atomic E-state index is 0.0889. The zero-order chi connectivity index (χ0) is 18.4. The SMILES string of the molecule is COC1CNCCC1c1ccccc1NC(=O)O[C@H](C)c1ccccc1.